The summed E-state index contributed by atoms with van der Waals surface area (Å²) in [4.78, 5) is 23.7. The van der Waals surface area contributed by atoms with Gasteiger partial charge in [-0.2, -0.15) is 0 Å². The van der Waals surface area contributed by atoms with Gasteiger partial charge in [-0.25, -0.2) is 4.79 Å². The maximum absolute atomic E-state index is 12.1. The number of benzene rings is 1. The van der Waals surface area contributed by atoms with Crippen LogP contribution in [0.4, 0.5) is 0 Å². The number of Topliss-reactive ketones (excluding diaryl/α,β-unsaturated/α-hetero) is 1. The van der Waals surface area contributed by atoms with E-state index >= 15 is 0 Å². The van der Waals surface area contributed by atoms with Crippen molar-refractivity contribution in [2.45, 2.75) is 26.9 Å². The van der Waals surface area contributed by atoms with Crippen molar-refractivity contribution in [3.05, 3.63) is 22.7 Å². The van der Waals surface area contributed by atoms with Crippen molar-refractivity contribution in [1.82, 2.24) is 0 Å². The van der Waals surface area contributed by atoms with Crippen LogP contribution < -0.4 is 9.47 Å². The highest BCUT2D eigenvalue weighted by Gasteiger charge is 2.25. The predicted octanol–water partition coefficient (Wildman–Crippen LogP) is 2.88. The van der Waals surface area contributed by atoms with Crippen LogP contribution in [0.2, 0.25) is 5.02 Å². The van der Waals surface area contributed by atoms with E-state index in [1.807, 2.05) is 0 Å². The van der Waals surface area contributed by atoms with E-state index in [0.29, 0.717) is 5.75 Å². The predicted molar refractivity (Wildman–Crippen MR) is 74.7 cm³/mol. The third kappa shape index (κ3) is 3.87. The first-order valence-corrected chi connectivity index (χ1v) is 6.54. The van der Waals surface area contributed by atoms with Gasteiger partial charge in [-0.1, -0.05) is 11.6 Å². The van der Waals surface area contributed by atoms with Crippen molar-refractivity contribution in [2.24, 2.45) is 0 Å². The van der Waals surface area contributed by atoms with Gasteiger partial charge in [-0.15, -0.1) is 0 Å². The topological polar surface area (TPSA) is 61.8 Å². The highest BCUT2D eigenvalue weighted by atomic mass is 35.5. The number of esters is 1. The summed E-state index contributed by atoms with van der Waals surface area (Å²) in [5.74, 6) is -1.29. The second-order valence-corrected chi connectivity index (χ2v) is 4.64. The molecule has 1 rings (SSSR count). The number of carbonyl (C=O) groups is 2. The Morgan fingerprint density at radius 2 is 1.95 bits per heavy atom. The van der Waals surface area contributed by atoms with Crippen LogP contribution in [0.3, 0.4) is 0 Å². The van der Waals surface area contributed by atoms with Crippen LogP contribution in [-0.4, -0.2) is 31.6 Å². The number of hydrogen-bond acceptors (Lipinski definition) is 5. The minimum atomic E-state index is -0.953. The first-order valence-electron chi connectivity index (χ1n) is 6.16. The quantitative estimate of drug-likeness (QED) is 0.459. The summed E-state index contributed by atoms with van der Waals surface area (Å²) in [5, 5.41) is 0.269. The van der Waals surface area contributed by atoms with E-state index in [4.69, 9.17) is 25.8 Å². The number of methoxy groups -OCH3 is 1. The second-order valence-electron chi connectivity index (χ2n) is 4.20. The summed E-state index contributed by atoms with van der Waals surface area (Å²) in [6, 6.07) is 2.88. The van der Waals surface area contributed by atoms with E-state index < -0.39 is 11.8 Å². The molecule has 0 aliphatic rings. The van der Waals surface area contributed by atoms with Gasteiger partial charge in [0.05, 0.1) is 25.4 Å². The Balaban J connectivity index is 3.31. The molecule has 0 unspecified atom stereocenters. The lowest BCUT2D eigenvalue weighted by molar-refractivity contribution is -0.137. The van der Waals surface area contributed by atoms with Crippen LogP contribution in [0, 0.1) is 0 Å². The number of halogens is 1. The molecule has 0 radical (unpaired) electrons. The minimum absolute atomic E-state index is 0.0292. The number of ketones is 1. The molecule has 0 bridgehead atoms. The monoisotopic (exact) mass is 300 g/mol. The summed E-state index contributed by atoms with van der Waals surface area (Å²) < 4.78 is 15.4. The Morgan fingerprint density at radius 3 is 2.45 bits per heavy atom. The fourth-order valence-corrected chi connectivity index (χ4v) is 1.76. The lowest BCUT2D eigenvalue weighted by atomic mass is 10.1. The minimum Gasteiger partial charge on any atom is -0.493 e. The number of ether oxygens (including phenoxy) is 3. The number of hydrogen-bond donors (Lipinski definition) is 0. The number of carbonyl (C=O) groups excluding carboxylic acids is 2. The Morgan fingerprint density at radius 1 is 1.30 bits per heavy atom. The van der Waals surface area contributed by atoms with Crippen molar-refractivity contribution in [1.29, 1.82) is 0 Å². The van der Waals surface area contributed by atoms with Crippen LogP contribution in [-0.2, 0) is 9.53 Å². The third-order valence-corrected chi connectivity index (χ3v) is 2.52. The van der Waals surface area contributed by atoms with Crippen molar-refractivity contribution in [3.8, 4) is 11.5 Å². The van der Waals surface area contributed by atoms with Crippen LogP contribution >= 0.6 is 11.6 Å². The summed E-state index contributed by atoms with van der Waals surface area (Å²) >= 11 is 5.92. The van der Waals surface area contributed by atoms with E-state index in [2.05, 4.69) is 0 Å². The molecule has 1 aromatic rings. The Kier molecular flexibility index (Phi) is 5.82. The van der Waals surface area contributed by atoms with Crippen LogP contribution in [0.5, 0.6) is 11.5 Å². The van der Waals surface area contributed by atoms with Crippen molar-refractivity contribution in [2.75, 3.05) is 13.7 Å². The van der Waals surface area contributed by atoms with Crippen LogP contribution in [0.1, 0.15) is 31.1 Å². The summed E-state index contributed by atoms with van der Waals surface area (Å²) in [6.07, 6.45) is -0.196. The van der Waals surface area contributed by atoms with Gasteiger partial charge in [-0.3, -0.25) is 4.79 Å². The van der Waals surface area contributed by atoms with Crippen molar-refractivity contribution in [3.63, 3.8) is 0 Å². The molecule has 0 heterocycles. The molecule has 6 heteroatoms. The van der Waals surface area contributed by atoms with Gasteiger partial charge in [0, 0.05) is 11.1 Å². The zero-order valence-corrected chi connectivity index (χ0v) is 12.6. The van der Waals surface area contributed by atoms with E-state index in [1.54, 1.807) is 20.8 Å². The van der Waals surface area contributed by atoms with Gasteiger partial charge >= 0.3 is 5.97 Å². The fourth-order valence-electron chi connectivity index (χ4n) is 1.55. The van der Waals surface area contributed by atoms with Crippen molar-refractivity contribution < 1.29 is 23.8 Å². The Labute approximate surface area is 122 Å². The molecule has 0 aliphatic carbocycles. The molecule has 0 aromatic heterocycles. The molecule has 0 spiro atoms. The molecular formula is C14H17ClO5. The summed E-state index contributed by atoms with van der Waals surface area (Å²) in [7, 11) is 1.43. The zero-order valence-electron chi connectivity index (χ0n) is 11.9. The maximum Gasteiger partial charge on any atom is 0.379 e. The van der Waals surface area contributed by atoms with E-state index in [0.717, 1.165) is 0 Å². The Bertz CT molecular complexity index is 511. The zero-order chi connectivity index (χ0) is 15.3. The third-order valence-electron chi connectivity index (χ3n) is 2.30. The van der Waals surface area contributed by atoms with Crippen LogP contribution in [0.25, 0.3) is 0 Å². The van der Waals surface area contributed by atoms with E-state index in [1.165, 1.54) is 19.2 Å². The first kappa shape index (κ1) is 16.3. The van der Waals surface area contributed by atoms with Gasteiger partial charge in [0.1, 0.15) is 0 Å². The summed E-state index contributed by atoms with van der Waals surface area (Å²) in [6.45, 7) is 5.33. The first-order chi connectivity index (χ1) is 9.40. The molecule has 0 saturated heterocycles. The molecule has 110 valence electrons. The normalized spacial score (nSPS) is 10.3. The average Bonchev–Trinajstić information content (AvgIpc) is 2.39. The van der Waals surface area contributed by atoms with E-state index in [9.17, 15) is 9.59 Å². The van der Waals surface area contributed by atoms with Crippen LogP contribution in [0.15, 0.2) is 12.1 Å². The molecular weight excluding hydrogens is 284 g/mol. The average molecular weight is 301 g/mol. The molecule has 1 aromatic carbocycles. The highest BCUT2D eigenvalue weighted by Crippen LogP contribution is 2.35. The molecule has 0 fully saturated rings. The lowest BCUT2D eigenvalue weighted by Gasteiger charge is -2.17. The fraction of sp³-hybridized carbons (Fsp3) is 0.429. The molecule has 5 nitrogen and oxygen atoms in total. The molecule has 0 saturated carbocycles. The SMILES string of the molecule is CCOC(=O)C(=O)c1cc(Cl)cc(OC)c1OC(C)C. The second kappa shape index (κ2) is 7.14. The lowest BCUT2D eigenvalue weighted by Crippen LogP contribution is -2.20. The highest BCUT2D eigenvalue weighted by molar-refractivity contribution is 6.42. The Hall–Kier alpha value is -1.75. The molecule has 0 amide bonds. The summed E-state index contributed by atoms with van der Waals surface area (Å²) in [5.41, 5.74) is 0.0292. The standard InChI is InChI=1S/C14H17ClO5/c1-5-19-14(17)12(16)10-6-9(15)7-11(18-4)13(10)20-8(2)3/h6-8H,5H2,1-4H3. The molecule has 0 atom stereocenters. The van der Waals surface area contributed by atoms with Gasteiger partial charge in [0.2, 0.25) is 0 Å². The maximum atomic E-state index is 12.1. The van der Waals surface area contributed by atoms with Crippen molar-refractivity contribution >= 4 is 23.4 Å². The largest absolute Gasteiger partial charge is 0.493 e. The number of rotatable bonds is 6. The van der Waals surface area contributed by atoms with E-state index in [-0.39, 0.29) is 29.0 Å². The van der Waals surface area contributed by atoms with Gasteiger partial charge < -0.3 is 14.2 Å². The van der Waals surface area contributed by atoms with Gasteiger partial charge in [-0.05, 0) is 26.8 Å². The van der Waals surface area contributed by atoms with Gasteiger partial charge in [0.15, 0.2) is 11.5 Å². The molecule has 0 N–H and O–H groups in total. The smallest absolute Gasteiger partial charge is 0.379 e. The van der Waals surface area contributed by atoms with Gasteiger partial charge in [0.25, 0.3) is 5.78 Å². The molecule has 0 aliphatic heterocycles. The molecule has 20 heavy (non-hydrogen) atoms.